The molecule has 5 rings (SSSR count). The monoisotopic (exact) mass is 547 g/mol. The molecule has 2 saturated heterocycles. The number of esters is 2. The zero-order valence-corrected chi connectivity index (χ0v) is 20.3. The molecular weight excluding hydrogens is 524 g/mol. The van der Waals surface area contributed by atoms with Gasteiger partial charge in [-0.15, -0.1) is 11.3 Å². The third kappa shape index (κ3) is 5.09. The maximum absolute atomic E-state index is 13.4. The summed E-state index contributed by atoms with van der Waals surface area (Å²) in [5, 5.41) is 2.04. The van der Waals surface area contributed by atoms with E-state index in [4.69, 9.17) is 9.47 Å². The van der Waals surface area contributed by atoms with Crippen LogP contribution in [0, 0.1) is 0 Å². The fourth-order valence-corrected chi connectivity index (χ4v) is 6.62. The molecule has 2 aromatic rings. The lowest BCUT2D eigenvalue weighted by Crippen LogP contribution is -2.55. The Balaban J connectivity index is 1.41. The normalized spacial score (nSPS) is 24.2. The Labute approximate surface area is 212 Å². The van der Waals surface area contributed by atoms with Crippen LogP contribution in [0.25, 0.3) is 0 Å². The van der Waals surface area contributed by atoms with Crippen molar-refractivity contribution in [2.45, 2.75) is 68.6 Å². The fraction of sp³-hybridized carbons (Fsp3) is 0.520. The number of carbonyl (C=O) groups excluding carboxylic acids is 2. The van der Waals surface area contributed by atoms with Crippen LogP contribution >= 0.6 is 11.3 Å². The van der Waals surface area contributed by atoms with Gasteiger partial charge < -0.3 is 9.47 Å². The zero-order chi connectivity index (χ0) is 26.6. The van der Waals surface area contributed by atoms with Crippen LogP contribution in [0.15, 0.2) is 29.6 Å². The summed E-state index contributed by atoms with van der Waals surface area (Å²) >= 11 is 1.70. The summed E-state index contributed by atoms with van der Waals surface area (Å²) in [4.78, 5) is 27.0. The average Bonchev–Trinajstić information content (AvgIpc) is 3.41. The number of ether oxygens (including phenoxy) is 2. The smallest absolute Gasteiger partial charge is 0.400 e. The predicted octanol–water partition coefficient (Wildman–Crippen LogP) is 6.23. The van der Waals surface area contributed by atoms with E-state index in [1.165, 1.54) is 10.4 Å². The van der Waals surface area contributed by atoms with Crippen molar-refractivity contribution in [3.05, 3.63) is 56.8 Å². The van der Waals surface area contributed by atoms with Crippen LogP contribution in [0.5, 0.6) is 0 Å². The zero-order valence-electron chi connectivity index (χ0n) is 19.5. The number of carbonyl (C=O) groups is 2. The number of benzene rings is 1. The molecule has 3 heterocycles. The van der Waals surface area contributed by atoms with Crippen molar-refractivity contribution in [3.8, 4) is 0 Å². The van der Waals surface area contributed by atoms with Gasteiger partial charge in [-0.1, -0.05) is 0 Å². The molecule has 37 heavy (non-hydrogen) atoms. The minimum atomic E-state index is -4.98. The van der Waals surface area contributed by atoms with E-state index in [0.717, 1.165) is 19.3 Å². The number of fused-ring (bicyclic) bond motifs is 1. The second-order valence-electron chi connectivity index (χ2n) is 9.68. The Kier molecular flexibility index (Phi) is 6.54. The lowest BCUT2D eigenvalue weighted by molar-refractivity contribution is -0.266. The van der Waals surface area contributed by atoms with E-state index in [2.05, 4.69) is 6.07 Å². The largest absolute Gasteiger partial charge is 0.421 e. The number of nitrogens with zero attached hydrogens (tertiary/aromatic N) is 1. The van der Waals surface area contributed by atoms with Crippen LogP contribution in [0.1, 0.15) is 71.1 Å². The molecule has 1 aromatic heterocycles. The molecule has 1 spiro atoms. The Bertz CT molecular complexity index is 1160. The minimum absolute atomic E-state index is 0.0763. The lowest BCUT2D eigenvalue weighted by Gasteiger charge is -2.44. The summed E-state index contributed by atoms with van der Waals surface area (Å²) < 4.78 is 91.1. The highest BCUT2D eigenvalue weighted by Crippen LogP contribution is 2.46. The van der Waals surface area contributed by atoms with Gasteiger partial charge in [0.25, 0.3) is 0 Å². The first-order valence-electron chi connectivity index (χ1n) is 11.9. The quantitative estimate of drug-likeness (QED) is 0.258. The highest BCUT2D eigenvalue weighted by atomic mass is 32.1. The summed E-state index contributed by atoms with van der Waals surface area (Å²) in [6, 6.07) is 3.53. The Hall–Kier alpha value is -2.60. The van der Waals surface area contributed by atoms with Crippen LogP contribution < -0.4 is 0 Å². The van der Waals surface area contributed by atoms with Gasteiger partial charge in [0.1, 0.15) is 0 Å². The van der Waals surface area contributed by atoms with E-state index in [1.807, 2.05) is 5.38 Å². The molecule has 2 unspecified atom stereocenters. The van der Waals surface area contributed by atoms with Crippen LogP contribution in [-0.2, 0) is 37.8 Å². The van der Waals surface area contributed by atoms with E-state index in [9.17, 15) is 35.9 Å². The van der Waals surface area contributed by atoms with Crippen molar-refractivity contribution >= 4 is 23.3 Å². The number of alkyl halides is 6. The van der Waals surface area contributed by atoms with Crippen LogP contribution in [0.4, 0.5) is 26.3 Å². The molecule has 0 amide bonds. The van der Waals surface area contributed by atoms with Gasteiger partial charge in [-0.2, -0.15) is 26.3 Å². The molecule has 1 aliphatic carbocycles. The maximum Gasteiger partial charge on any atom is 0.421 e. The Morgan fingerprint density at radius 3 is 2.24 bits per heavy atom. The van der Waals surface area contributed by atoms with Crippen molar-refractivity contribution in [2.24, 2.45) is 0 Å². The maximum atomic E-state index is 13.4. The van der Waals surface area contributed by atoms with Gasteiger partial charge >= 0.3 is 30.2 Å². The first-order chi connectivity index (χ1) is 17.4. The second kappa shape index (κ2) is 9.30. The number of thiophene rings is 1. The first-order valence-corrected chi connectivity index (χ1v) is 12.8. The number of aryl methyl sites for hydroxylation is 1. The molecule has 12 heteroatoms. The topological polar surface area (TPSA) is 55.8 Å². The number of piperidine rings is 1. The lowest BCUT2D eigenvalue weighted by atomic mass is 9.83. The molecule has 2 atom stereocenters. The second-order valence-corrected chi connectivity index (χ2v) is 10.7. The summed E-state index contributed by atoms with van der Waals surface area (Å²) in [5.74, 6) is -4.94. The first kappa shape index (κ1) is 26.0. The molecule has 3 aliphatic rings. The third-order valence-corrected chi connectivity index (χ3v) is 8.41. The fourth-order valence-electron chi connectivity index (χ4n) is 5.61. The Morgan fingerprint density at radius 1 is 0.973 bits per heavy atom. The molecule has 0 saturated carbocycles. The summed E-state index contributed by atoms with van der Waals surface area (Å²) in [6.45, 7) is 0.537. The predicted molar refractivity (Wildman–Crippen MR) is 120 cm³/mol. The molecule has 200 valence electrons. The van der Waals surface area contributed by atoms with Gasteiger partial charge in [0.15, 0.2) is 0 Å². The van der Waals surface area contributed by atoms with E-state index in [1.54, 1.807) is 16.2 Å². The molecule has 0 N–H and O–H groups in total. The molecule has 0 radical (unpaired) electrons. The number of hydrogen-bond donors (Lipinski definition) is 0. The van der Waals surface area contributed by atoms with Gasteiger partial charge in [-0.25, -0.2) is 14.5 Å². The van der Waals surface area contributed by atoms with Gasteiger partial charge in [-0.3, -0.25) is 0 Å². The highest BCUT2D eigenvalue weighted by molar-refractivity contribution is 7.10. The van der Waals surface area contributed by atoms with Crippen LogP contribution in [0.2, 0.25) is 0 Å². The highest BCUT2D eigenvalue weighted by Gasteiger charge is 2.56. The molecule has 5 nitrogen and oxygen atoms in total. The molecule has 2 aliphatic heterocycles. The number of rotatable bonds is 4. The van der Waals surface area contributed by atoms with E-state index in [0.29, 0.717) is 25.1 Å². The van der Waals surface area contributed by atoms with Crippen LogP contribution in [-0.4, -0.2) is 35.8 Å². The standard InChI is InChI=1S/C25H23F6NO4S/c26-24(27,28)17-10-16(11-18(12-17)25(29,30)31)15-5-8-32(23(13-15)35-21(33)22(34)36-23)7-4-14-2-1-3-20-19(14)6-9-37-20/h6,9-12,14-15H,1-5,7-8,13H2. The van der Waals surface area contributed by atoms with Gasteiger partial charge in [-0.05, 0) is 84.7 Å². The van der Waals surface area contributed by atoms with E-state index >= 15 is 0 Å². The number of hydrogen-bond acceptors (Lipinski definition) is 6. The molecular formula is C25H23F6NO4S. The molecule has 2 fully saturated rings. The van der Waals surface area contributed by atoms with Crippen molar-refractivity contribution in [1.29, 1.82) is 0 Å². The number of likely N-dealkylation sites (tertiary alicyclic amines) is 1. The van der Waals surface area contributed by atoms with Gasteiger partial charge in [0.2, 0.25) is 0 Å². The molecule has 1 aromatic carbocycles. The average molecular weight is 548 g/mol. The van der Waals surface area contributed by atoms with Crippen molar-refractivity contribution < 1.29 is 45.4 Å². The minimum Gasteiger partial charge on any atom is -0.400 e. The van der Waals surface area contributed by atoms with Crippen molar-refractivity contribution in [2.75, 3.05) is 13.1 Å². The summed E-state index contributed by atoms with van der Waals surface area (Å²) in [7, 11) is 0. The Morgan fingerprint density at radius 2 is 1.62 bits per heavy atom. The summed E-state index contributed by atoms with van der Waals surface area (Å²) in [5.41, 5.74) is -1.77. The van der Waals surface area contributed by atoms with Gasteiger partial charge in [0, 0.05) is 24.4 Å². The van der Waals surface area contributed by atoms with Crippen molar-refractivity contribution in [3.63, 3.8) is 0 Å². The summed E-state index contributed by atoms with van der Waals surface area (Å²) in [6.07, 6.45) is -6.34. The number of halogens is 6. The SMILES string of the molecule is O=C1OC2(CC(c3cc(C(F)(F)F)cc(C(F)(F)F)c3)CCN2CCC2CCCc3sccc32)OC1=O. The molecule has 0 bridgehead atoms. The van der Waals surface area contributed by atoms with Gasteiger partial charge in [0.05, 0.1) is 11.1 Å². The van der Waals surface area contributed by atoms with E-state index < -0.39 is 47.2 Å². The van der Waals surface area contributed by atoms with Crippen LogP contribution in [0.3, 0.4) is 0 Å². The van der Waals surface area contributed by atoms with Crippen molar-refractivity contribution in [1.82, 2.24) is 4.90 Å². The third-order valence-electron chi connectivity index (χ3n) is 7.41. The van der Waals surface area contributed by atoms with E-state index in [-0.39, 0.29) is 36.9 Å².